The summed E-state index contributed by atoms with van der Waals surface area (Å²) in [4.78, 5) is 106. The van der Waals surface area contributed by atoms with Crippen LogP contribution in [0, 0.1) is 0 Å². The summed E-state index contributed by atoms with van der Waals surface area (Å²) in [6.45, 7) is 5.07. The van der Waals surface area contributed by atoms with Crippen LogP contribution in [-0.4, -0.2) is 227 Å². The Morgan fingerprint density at radius 1 is 0.696 bits per heavy atom. The molecule has 2 rings (SSSR count). The number of aliphatic carboxylic acids is 1. The molecule has 0 aliphatic carbocycles. The number of ketones is 1. The average Bonchev–Trinajstić information content (AvgIpc) is 3.32. The summed E-state index contributed by atoms with van der Waals surface area (Å²) < 4.78 is 20.0. The molecule has 1 aliphatic heterocycles. The zero-order chi connectivity index (χ0) is 51.1. The number of thiocarbonyl (C=S) groups is 1. The minimum Gasteiger partial charge on any atom is -0.481 e. The highest BCUT2D eigenvalue weighted by molar-refractivity contribution is 8.76. The Labute approximate surface area is 418 Å². The molecular weight excluding hydrogens is 959 g/mol. The maximum absolute atomic E-state index is 12.8. The van der Waals surface area contributed by atoms with Gasteiger partial charge in [-0.1, -0.05) is 33.7 Å². The fourth-order valence-electron chi connectivity index (χ4n) is 7.00. The number of carbonyl (C=O) groups excluding carboxylic acids is 7. The van der Waals surface area contributed by atoms with Gasteiger partial charge in [-0.25, -0.2) is 0 Å². The van der Waals surface area contributed by atoms with Crippen molar-refractivity contribution in [3.63, 3.8) is 0 Å². The number of methoxy groups -OCH3 is 4. The highest BCUT2D eigenvalue weighted by atomic mass is 33.1. The van der Waals surface area contributed by atoms with Crippen molar-refractivity contribution in [2.75, 3.05) is 137 Å². The lowest BCUT2D eigenvalue weighted by Crippen LogP contribution is -2.53. The molecule has 0 spiro atoms. The molecule has 3 unspecified atom stereocenters. The van der Waals surface area contributed by atoms with Gasteiger partial charge in [0.15, 0.2) is 10.9 Å². The minimum atomic E-state index is -1.03. The van der Waals surface area contributed by atoms with E-state index in [1.807, 2.05) is 43.9 Å². The molecule has 2 amide bonds. The molecule has 1 heterocycles. The standard InChI is InChI=1S/C44H71N9O13S3/c1-31(54)35(49-43(62)36(45-2)12-14-38(56)57)11-13-37(55)46-15-23-68-69-24-16-47-44(67)48-33-9-7-32(8-10-33)25-34-26-52(29-41(60)65-5)20-19-50(27-39(58)63-3)17-18-51(28-40(59)64-4)21-22-53(34)30-42(61)66-6/h7-10,34-36,45H,11-30H2,1-6H3,(H,46,55)(H,49,62)(H,56,57)(H2,47,48,67). The number of nitrogens with zero attached hydrogens (tertiary/aromatic N) is 4. The second-order valence-electron chi connectivity index (χ2n) is 16.0. The second kappa shape index (κ2) is 34.6. The first kappa shape index (κ1) is 60.5. The fourth-order valence-corrected chi connectivity index (χ4v) is 9.03. The lowest BCUT2D eigenvalue weighted by Gasteiger charge is -2.38. The van der Waals surface area contributed by atoms with Gasteiger partial charge < -0.3 is 50.6 Å². The van der Waals surface area contributed by atoms with Crippen LogP contribution in [-0.2, 0) is 63.7 Å². The Hall–Kier alpha value is -4.63. The predicted molar refractivity (Wildman–Crippen MR) is 267 cm³/mol. The molecule has 0 aromatic heterocycles. The smallest absolute Gasteiger partial charge is 0.319 e. The summed E-state index contributed by atoms with van der Waals surface area (Å²) in [6.07, 6.45) is 0.494. The van der Waals surface area contributed by atoms with Gasteiger partial charge in [-0.3, -0.25) is 58.0 Å². The van der Waals surface area contributed by atoms with Crippen LogP contribution in [0.5, 0.6) is 0 Å². The van der Waals surface area contributed by atoms with Crippen molar-refractivity contribution in [2.45, 2.75) is 57.2 Å². The molecule has 1 aromatic carbocycles. The van der Waals surface area contributed by atoms with Gasteiger partial charge in [-0.05, 0) is 63.1 Å². The maximum atomic E-state index is 12.8. The van der Waals surface area contributed by atoms with Gasteiger partial charge in [-0.15, -0.1) is 0 Å². The number of esters is 4. The fraction of sp³-hybridized carbons (Fsp3) is 0.659. The number of likely N-dealkylation sites (N-methyl/N-ethyl adjacent to an activating group) is 1. The van der Waals surface area contributed by atoms with Gasteiger partial charge >= 0.3 is 29.8 Å². The van der Waals surface area contributed by atoms with Crippen molar-refractivity contribution in [1.29, 1.82) is 0 Å². The molecule has 69 heavy (non-hydrogen) atoms. The van der Waals surface area contributed by atoms with Gasteiger partial charge in [0.1, 0.15) is 0 Å². The quantitative estimate of drug-likeness (QED) is 0.0205. The Bertz CT molecular complexity index is 1820. The van der Waals surface area contributed by atoms with Crippen LogP contribution >= 0.6 is 33.8 Å². The van der Waals surface area contributed by atoms with Crippen LogP contribution in [0.4, 0.5) is 5.69 Å². The average molecular weight is 1030 g/mol. The number of hydrogen-bond acceptors (Lipinski definition) is 20. The van der Waals surface area contributed by atoms with Crippen molar-refractivity contribution in [3.05, 3.63) is 29.8 Å². The molecule has 3 atom stereocenters. The first-order valence-electron chi connectivity index (χ1n) is 22.5. The Balaban J connectivity index is 1.96. The predicted octanol–water partition coefficient (Wildman–Crippen LogP) is -0.398. The van der Waals surface area contributed by atoms with Crippen LogP contribution in [0.3, 0.4) is 0 Å². The third kappa shape index (κ3) is 26.2. The Morgan fingerprint density at radius 2 is 1.19 bits per heavy atom. The summed E-state index contributed by atoms with van der Waals surface area (Å²) >= 11 is 5.54. The first-order chi connectivity index (χ1) is 33.0. The Morgan fingerprint density at radius 3 is 1.71 bits per heavy atom. The van der Waals surface area contributed by atoms with E-state index in [9.17, 15) is 38.4 Å². The summed E-state index contributed by atoms with van der Waals surface area (Å²) in [5.74, 6) is -2.41. The topological polar surface area (TPSA) is 267 Å². The van der Waals surface area contributed by atoms with E-state index in [1.165, 1.54) is 42.4 Å². The van der Waals surface area contributed by atoms with Crippen LogP contribution in [0.25, 0.3) is 0 Å². The van der Waals surface area contributed by atoms with Gasteiger partial charge in [0.05, 0.1) is 66.7 Å². The molecule has 0 bridgehead atoms. The van der Waals surface area contributed by atoms with Crippen molar-refractivity contribution in [3.8, 4) is 0 Å². The zero-order valence-electron chi connectivity index (χ0n) is 40.5. The molecule has 0 saturated carbocycles. The van der Waals surface area contributed by atoms with Gasteiger partial charge in [0.2, 0.25) is 11.8 Å². The monoisotopic (exact) mass is 1030 g/mol. The SMILES string of the molecule is CNC(CCC(=O)O)C(=O)NC(CCC(=O)NCCSSCCNC(=S)Nc1ccc(CC2CN(CC(=O)OC)CCN(CC(=O)OC)CCN(CC(=O)OC)CCN2CC(=O)OC)cc1)C(C)=O. The van der Waals surface area contributed by atoms with E-state index in [2.05, 4.69) is 26.6 Å². The molecule has 1 saturated heterocycles. The minimum absolute atomic E-state index is 0.0109. The zero-order valence-corrected chi connectivity index (χ0v) is 43.0. The molecular formula is C44H71N9O13S3. The Kier molecular flexibility index (Phi) is 30.4. The third-order valence-electron chi connectivity index (χ3n) is 11.0. The van der Waals surface area contributed by atoms with Crippen molar-refractivity contribution < 1.29 is 62.4 Å². The van der Waals surface area contributed by atoms with E-state index in [0.717, 1.165) is 17.0 Å². The number of Topliss-reactive ketones (excluding diaryl/α,β-unsaturated/α-hetero) is 1. The summed E-state index contributed by atoms with van der Waals surface area (Å²) in [5, 5.41) is 23.9. The molecule has 1 aliphatic rings. The van der Waals surface area contributed by atoms with E-state index >= 15 is 0 Å². The lowest BCUT2D eigenvalue weighted by atomic mass is 10.0. The molecule has 25 heteroatoms. The second-order valence-corrected chi connectivity index (χ2v) is 19.1. The number of nitrogens with one attached hydrogen (secondary N) is 5. The number of benzene rings is 1. The number of rotatable bonds is 28. The summed E-state index contributed by atoms with van der Waals surface area (Å²) in [5.41, 5.74) is 1.71. The van der Waals surface area contributed by atoms with E-state index in [0.29, 0.717) is 76.2 Å². The summed E-state index contributed by atoms with van der Waals surface area (Å²) in [6, 6.07) is 5.78. The van der Waals surface area contributed by atoms with Gasteiger partial charge in [0.25, 0.3) is 0 Å². The van der Waals surface area contributed by atoms with Crippen LogP contribution in [0.1, 0.15) is 38.2 Å². The molecule has 388 valence electrons. The lowest BCUT2D eigenvalue weighted by molar-refractivity contribution is -0.145. The normalized spacial score (nSPS) is 16.3. The number of ether oxygens (including phenoxy) is 4. The van der Waals surface area contributed by atoms with E-state index in [4.69, 9.17) is 36.3 Å². The van der Waals surface area contributed by atoms with E-state index in [-0.39, 0.29) is 69.6 Å². The highest BCUT2D eigenvalue weighted by Crippen LogP contribution is 2.20. The van der Waals surface area contributed by atoms with Crippen molar-refractivity contribution in [1.82, 2.24) is 40.9 Å². The van der Waals surface area contributed by atoms with Crippen LogP contribution in [0.2, 0.25) is 0 Å². The van der Waals surface area contributed by atoms with E-state index < -0.39 is 47.8 Å². The van der Waals surface area contributed by atoms with Crippen molar-refractivity contribution >= 4 is 92.0 Å². The largest absolute Gasteiger partial charge is 0.481 e. The first-order valence-corrected chi connectivity index (χ1v) is 25.4. The van der Waals surface area contributed by atoms with Crippen LogP contribution in [0.15, 0.2) is 24.3 Å². The molecule has 0 radical (unpaired) electrons. The van der Waals surface area contributed by atoms with Crippen molar-refractivity contribution in [2.24, 2.45) is 0 Å². The number of carboxylic acids is 1. The number of carboxylic acid groups (broad SMARTS) is 1. The van der Waals surface area contributed by atoms with E-state index in [1.54, 1.807) is 21.6 Å². The molecule has 1 fully saturated rings. The highest BCUT2D eigenvalue weighted by Gasteiger charge is 2.29. The molecule has 22 nitrogen and oxygen atoms in total. The number of amides is 2. The molecule has 1 aromatic rings. The maximum Gasteiger partial charge on any atom is 0.319 e. The van der Waals surface area contributed by atoms with Crippen LogP contribution < -0.4 is 26.6 Å². The van der Waals surface area contributed by atoms with Gasteiger partial charge in [-0.2, -0.15) is 0 Å². The number of carbonyl (C=O) groups is 8. The number of anilines is 1. The van der Waals surface area contributed by atoms with Gasteiger partial charge in [0, 0.05) is 95.0 Å². The third-order valence-corrected chi connectivity index (χ3v) is 13.6. The molecule has 6 N–H and O–H groups in total. The number of hydrogen-bond donors (Lipinski definition) is 6. The summed E-state index contributed by atoms with van der Waals surface area (Å²) in [7, 11) is 10.0.